The zero-order chi connectivity index (χ0) is 4.50. The van der Waals surface area contributed by atoms with E-state index in [9.17, 15) is 3.47 Å². The van der Waals surface area contributed by atoms with Gasteiger partial charge in [0.1, 0.15) is 0 Å². The monoisotopic (exact) mass is 188 g/mol. The van der Waals surface area contributed by atoms with Gasteiger partial charge in [0.2, 0.25) is 0 Å². The van der Waals surface area contributed by atoms with Crippen LogP contribution >= 0.6 is 0 Å². The molecule has 0 heterocycles. The van der Waals surface area contributed by atoms with Gasteiger partial charge in [-0.1, -0.05) is 0 Å². The fourth-order valence-electron chi connectivity index (χ4n) is 0. The van der Waals surface area contributed by atoms with E-state index in [1.54, 1.807) is 0 Å². The Bertz CT molecular complexity index is 59.1. The molecule has 0 aromatic carbocycles. The van der Waals surface area contributed by atoms with Gasteiger partial charge in [-0.2, -0.15) is 0 Å². The van der Waals surface area contributed by atoms with Gasteiger partial charge in [-0.05, 0) is 0 Å². The molecule has 0 unspecified atom stereocenters. The van der Waals surface area contributed by atoms with Crippen molar-refractivity contribution in [1.82, 2.24) is 0 Å². The number of halogens is 1. The van der Waals surface area contributed by atoms with E-state index in [1.807, 2.05) is 0 Å². The SMILES string of the molecule is O=[As]([O-])([O-])F.[Na+].[Na+]. The molecule has 0 aliphatic carbocycles. The molecule has 3 nitrogen and oxygen atoms in total. The van der Waals surface area contributed by atoms with E-state index in [0.29, 0.717) is 0 Å². The van der Waals surface area contributed by atoms with Crippen LogP contribution in [0.25, 0.3) is 0 Å². The predicted octanol–water partition coefficient (Wildman–Crippen LogP) is -8.45. The van der Waals surface area contributed by atoms with Gasteiger partial charge in [-0.25, -0.2) is 0 Å². The molecule has 0 aliphatic heterocycles. The maximum atomic E-state index is 10.2. The Labute approximate surface area is 87.8 Å². The zero-order valence-electron chi connectivity index (χ0n) is 4.05. The smallest absolute Gasteiger partial charge is 1.00 e. The van der Waals surface area contributed by atoms with Crippen LogP contribution in [0.4, 0.5) is 3.47 Å². The second kappa shape index (κ2) is 6.33. The van der Waals surface area contributed by atoms with Gasteiger partial charge < -0.3 is 0 Å². The van der Waals surface area contributed by atoms with Crippen molar-refractivity contribution in [2.24, 2.45) is 0 Å². The van der Waals surface area contributed by atoms with E-state index in [-0.39, 0.29) is 59.1 Å². The van der Waals surface area contributed by atoms with Crippen molar-refractivity contribution in [3.63, 3.8) is 0 Å². The third-order valence-electron chi connectivity index (χ3n) is 0. The molecular weight excluding hydrogens is 188 g/mol. The molecule has 0 amide bonds. The summed E-state index contributed by atoms with van der Waals surface area (Å²) in [5, 5.41) is 0. The number of hydrogen-bond donors (Lipinski definition) is 0. The van der Waals surface area contributed by atoms with Crippen LogP contribution in [-0.4, -0.2) is 14.6 Å². The zero-order valence-corrected chi connectivity index (χ0v) is 9.93. The van der Waals surface area contributed by atoms with Crippen molar-refractivity contribution in [2.75, 3.05) is 0 Å². The molecule has 0 spiro atoms. The molecule has 0 aromatic heterocycles. The summed E-state index contributed by atoms with van der Waals surface area (Å²) in [5.41, 5.74) is 0. The maximum Gasteiger partial charge on any atom is 1.00 e. The molecule has 0 rings (SSSR count). The van der Waals surface area contributed by atoms with Crippen molar-refractivity contribution in [1.29, 1.82) is 0 Å². The van der Waals surface area contributed by atoms with Crippen LogP contribution in [0.1, 0.15) is 0 Å². The van der Waals surface area contributed by atoms with Crippen LogP contribution in [0.15, 0.2) is 0 Å². The molecule has 0 N–H and O–H groups in total. The average Bonchev–Trinajstić information content (AvgIpc) is 0.722. The molecule has 0 atom stereocenters. The molecular formula is AsFNa2O3. The van der Waals surface area contributed by atoms with Crippen molar-refractivity contribution >= 4 is 14.6 Å². The Morgan fingerprint density at radius 3 is 1.29 bits per heavy atom. The van der Waals surface area contributed by atoms with Crippen LogP contribution in [0.3, 0.4) is 0 Å². The first kappa shape index (κ1) is 16.1. The van der Waals surface area contributed by atoms with Crippen LogP contribution in [0, 0.1) is 0 Å². The fourth-order valence-corrected chi connectivity index (χ4v) is 0. The minimum atomic E-state index is -6.12. The molecule has 0 aromatic rings. The summed E-state index contributed by atoms with van der Waals surface area (Å²) in [6.07, 6.45) is 0. The largest absolute Gasteiger partial charge is 1.00 e. The summed E-state index contributed by atoms with van der Waals surface area (Å²) >= 11 is -6.12. The van der Waals surface area contributed by atoms with Crippen LogP contribution in [0.2, 0.25) is 0 Å². The second-order valence-electron chi connectivity index (χ2n) is 0.431. The summed E-state index contributed by atoms with van der Waals surface area (Å²) in [6.45, 7) is 0. The van der Waals surface area contributed by atoms with Gasteiger partial charge in [-0.15, -0.1) is 0 Å². The average molecular weight is 188 g/mol. The van der Waals surface area contributed by atoms with Crippen molar-refractivity contribution < 1.29 is 74.5 Å². The summed E-state index contributed by atoms with van der Waals surface area (Å²) < 4.78 is 35.7. The van der Waals surface area contributed by atoms with Gasteiger partial charge in [-0.3, -0.25) is 0 Å². The minimum absolute atomic E-state index is 0. The minimum Gasteiger partial charge on any atom is 1.00 e. The molecule has 32 valence electrons. The molecule has 0 saturated heterocycles. The Morgan fingerprint density at radius 1 is 1.29 bits per heavy atom. The summed E-state index contributed by atoms with van der Waals surface area (Å²) in [4.78, 5) is 0. The van der Waals surface area contributed by atoms with Crippen LogP contribution < -0.4 is 67.3 Å². The molecule has 0 bridgehead atoms. The predicted molar refractivity (Wildman–Crippen MR) is 7.55 cm³/mol. The van der Waals surface area contributed by atoms with Crippen molar-refractivity contribution in [3.8, 4) is 0 Å². The molecule has 0 radical (unpaired) electrons. The van der Waals surface area contributed by atoms with E-state index < -0.39 is 14.6 Å². The van der Waals surface area contributed by atoms with Crippen LogP contribution in [0.5, 0.6) is 0 Å². The van der Waals surface area contributed by atoms with Crippen molar-refractivity contribution in [3.05, 3.63) is 0 Å². The molecule has 0 saturated carbocycles. The molecule has 7 heteroatoms. The first-order valence-electron chi connectivity index (χ1n) is 0.717. The van der Waals surface area contributed by atoms with Gasteiger partial charge in [0, 0.05) is 0 Å². The Hall–Kier alpha value is 2.21. The van der Waals surface area contributed by atoms with Gasteiger partial charge in [0.25, 0.3) is 0 Å². The normalized spacial score (nSPS) is 8.43. The Kier molecular flexibility index (Phi) is 14.6. The first-order valence-corrected chi connectivity index (χ1v) is 3.72. The first-order chi connectivity index (χ1) is 2.00. The topological polar surface area (TPSA) is 63.2 Å². The van der Waals surface area contributed by atoms with E-state index in [4.69, 9.17) is 11.9 Å². The third-order valence-corrected chi connectivity index (χ3v) is 0. The fraction of sp³-hybridized carbons (Fsp3) is 0. The summed E-state index contributed by atoms with van der Waals surface area (Å²) in [5.74, 6) is 0. The van der Waals surface area contributed by atoms with E-state index >= 15 is 0 Å². The van der Waals surface area contributed by atoms with Crippen molar-refractivity contribution in [2.45, 2.75) is 0 Å². The second-order valence-corrected chi connectivity index (χ2v) is 2.24. The number of hydrogen-bond acceptors (Lipinski definition) is 3. The Morgan fingerprint density at radius 2 is 1.29 bits per heavy atom. The van der Waals surface area contributed by atoms with Gasteiger partial charge in [0.15, 0.2) is 0 Å². The maximum absolute atomic E-state index is 10.2. The molecule has 7 heavy (non-hydrogen) atoms. The Balaban J connectivity index is -0.0000000800. The van der Waals surface area contributed by atoms with E-state index in [0.717, 1.165) is 0 Å². The molecule has 0 aliphatic rings. The summed E-state index contributed by atoms with van der Waals surface area (Å²) in [6, 6.07) is 0. The third kappa shape index (κ3) is 64.9. The standard InChI is InChI=1S/AsFH2O3.2Na/c2-1(3,4)5;;/h(H2,3,4,5);;/q;2*+1/p-2. The van der Waals surface area contributed by atoms with E-state index in [1.165, 1.54) is 0 Å². The summed E-state index contributed by atoms with van der Waals surface area (Å²) in [7, 11) is 0. The molecule has 0 fully saturated rings. The van der Waals surface area contributed by atoms with Gasteiger partial charge >= 0.3 is 89.2 Å². The van der Waals surface area contributed by atoms with E-state index in [2.05, 4.69) is 0 Å². The van der Waals surface area contributed by atoms with Crippen LogP contribution in [-0.2, 0) is 3.74 Å². The number of rotatable bonds is 0. The van der Waals surface area contributed by atoms with Gasteiger partial charge in [0.05, 0.1) is 0 Å². The quantitative estimate of drug-likeness (QED) is 0.354.